The Balaban J connectivity index is 1.81. The maximum absolute atomic E-state index is 13.1. The first-order valence-corrected chi connectivity index (χ1v) is 6.51. The van der Waals surface area contributed by atoms with Crippen molar-refractivity contribution >= 4 is 10.9 Å². The van der Waals surface area contributed by atoms with Crippen LogP contribution in [0.3, 0.4) is 0 Å². The number of rotatable bonds is 2. The Bertz CT molecular complexity index is 527. The molecule has 3 rings (SSSR count). The third kappa shape index (κ3) is 2.40. The molecule has 0 radical (unpaired) electrons. The van der Waals surface area contributed by atoms with Crippen molar-refractivity contribution in [2.24, 2.45) is 0 Å². The number of hydrogen-bond acceptors (Lipinski definition) is 2. The smallest absolute Gasteiger partial charge is 0.125 e. The van der Waals surface area contributed by atoms with Crippen LogP contribution in [0.2, 0.25) is 0 Å². The SMILES string of the molecule is Fc1ccc2c(CN3CCCNCC3)c[nH]c2c1. The average Bonchev–Trinajstić information content (AvgIpc) is 2.59. The fourth-order valence-electron chi connectivity index (χ4n) is 2.59. The number of halogens is 1. The summed E-state index contributed by atoms with van der Waals surface area (Å²) in [6.45, 7) is 5.30. The number of aromatic amines is 1. The van der Waals surface area contributed by atoms with Gasteiger partial charge in [0.05, 0.1) is 0 Å². The molecule has 1 aromatic heterocycles. The minimum Gasteiger partial charge on any atom is -0.361 e. The Morgan fingerprint density at radius 3 is 3.11 bits per heavy atom. The molecule has 1 aliphatic rings. The van der Waals surface area contributed by atoms with Crippen molar-refractivity contribution in [3.63, 3.8) is 0 Å². The van der Waals surface area contributed by atoms with E-state index >= 15 is 0 Å². The van der Waals surface area contributed by atoms with Crippen molar-refractivity contribution in [3.8, 4) is 0 Å². The summed E-state index contributed by atoms with van der Waals surface area (Å²) in [5, 5.41) is 4.54. The minimum absolute atomic E-state index is 0.185. The van der Waals surface area contributed by atoms with Crippen LogP contribution in [-0.4, -0.2) is 36.1 Å². The zero-order chi connectivity index (χ0) is 12.4. The van der Waals surface area contributed by atoms with E-state index in [9.17, 15) is 4.39 Å². The summed E-state index contributed by atoms with van der Waals surface area (Å²) >= 11 is 0. The molecule has 0 spiro atoms. The lowest BCUT2D eigenvalue weighted by atomic mass is 10.1. The summed E-state index contributed by atoms with van der Waals surface area (Å²) in [6, 6.07) is 4.96. The molecule has 0 aliphatic carbocycles. The van der Waals surface area contributed by atoms with Gasteiger partial charge in [0.2, 0.25) is 0 Å². The molecule has 96 valence electrons. The van der Waals surface area contributed by atoms with Crippen LogP contribution in [0.25, 0.3) is 10.9 Å². The first-order valence-electron chi connectivity index (χ1n) is 6.51. The van der Waals surface area contributed by atoms with Gasteiger partial charge in [-0.05, 0) is 43.3 Å². The van der Waals surface area contributed by atoms with E-state index in [0.717, 1.165) is 43.6 Å². The number of hydrogen-bond donors (Lipinski definition) is 2. The topological polar surface area (TPSA) is 31.1 Å². The van der Waals surface area contributed by atoms with Crippen molar-refractivity contribution in [2.45, 2.75) is 13.0 Å². The molecule has 1 fully saturated rings. The summed E-state index contributed by atoms with van der Waals surface area (Å²) in [7, 11) is 0. The molecule has 0 saturated carbocycles. The first-order chi connectivity index (χ1) is 8.83. The van der Waals surface area contributed by atoms with Crippen LogP contribution in [0.15, 0.2) is 24.4 Å². The summed E-state index contributed by atoms with van der Waals surface area (Å²) < 4.78 is 13.1. The highest BCUT2D eigenvalue weighted by Crippen LogP contribution is 2.20. The van der Waals surface area contributed by atoms with Crippen LogP contribution in [0.4, 0.5) is 4.39 Å². The van der Waals surface area contributed by atoms with E-state index in [0.29, 0.717) is 0 Å². The molecule has 0 atom stereocenters. The molecule has 18 heavy (non-hydrogen) atoms. The van der Waals surface area contributed by atoms with Gasteiger partial charge in [0.1, 0.15) is 5.82 Å². The summed E-state index contributed by atoms with van der Waals surface area (Å²) in [6.07, 6.45) is 3.19. The fraction of sp³-hybridized carbons (Fsp3) is 0.429. The number of benzene rings is 1. The average molecular weight is 247 g/mol. The Labute approximate surface area is 106 Å². The van der Waals surface area contributed by atoms with Gasteiger partial charge in [0.15, 0.2) is 0 Å². The normalized spacial score (nSPS) is 18.1. The molecule has 2 aromatic rings. The van der Waals surface area contributed by atoms with Crippen LogP contribution in [0, 0.1) is 5.82 Å². The highest BCUT2D eigenvalue weighted by atomic mass is 19.1. The van der Waals surface area contributed by atoms with Gasteiger partial charge in [-0.15, -0.1) is 0 Å². The van der Waals surface area contributed by atoms with Gasteiger partial charge in [-0.25, -0.2) is 4.39 Å². The maximum Gasteiger partial charge on any atom is 0.125 e. The number of H-pyrrole nitrogens is 1. The van der Waals surface area contributed by atoms with Gasteiger partial charge < -0.3 is 10.3 Å². The zero-order valence-corrected chi connectivity index (χ0v) is 10.4. The van der Waals surface area contributed by atoms with Crippen molar-refractivity contribution < 1.29 is 4.39 Å². The predicted molar refractivity (Wildman–Crippen MR) is 71.0 cm³/mol. The second-order valence-electron chi connectivity index (χ2n) is 4.88. The molecule has 2 N–H and O–H groups in total. The predicted octanol–water partition coefficient (Wildman–Crippen LogP) is 2.10. The molecule has 0 bridgehead atoms. The van der Waals surface area contributed by atoms with Gasteiger partial charge >= 0.3 is 0 Å². The van der Waals surface area contributed by atoms with Crippen LogP contribution in [-0.2, 0) is 6.54 Å². The van der Waals surface area contributed by atoms with E-state index in [-0.39, 0.29) is 5.82 Å². The van der Waals surface area contributed by atoms with E-state index in [4.69, 9.17) is 0 Å². The van der Waals surface area contributed by atoms with E-state index in [1.165, 1.54) is 18.1 Å². The van der Waals surface area contributed by atoms with Gasteiger partial charge in [-0.1, -0.05) is 0 Å². The molecule has 1 aromatic carbocycles. The third-order valence-electron chi connectivity index (χ3n) is 3.56. The number of fused-ring (bicyclic) bond motifs is 1. The van der Waals surface area contributed by atoms with Crippen LogP contribution in [0.1, 0.15) is 12.0 Å². The highest BCUT2D eigenvalue weighted by molar-refractivity contribution is 5.83. The lowest BCUT2D eigenvalue weighted by molar-refractivity contribution is 0.285. The second-order valence-corrected chi connectivity index (χ2v) is 4.88. The van der Waals surface area contributed by atoms with Crippen molar-refractivity contribution in [3.05, 3.63) is 35.8 Å². The Morgan fingerprint density at radius 2 is 2.17 bits per heavy atom. The first kappa shape index (κ1) is 11.7. The van der Waals surface area contributed by atoms with Crippen LogP contribution >= 0.6 is 0 Å². The molecule has 0 unspecified atom stereocenters. The molecular weight excluding hydrogens is 229 g/mol. The Kier molecular flexibility index (Phi) is 3.30. The fourth-order valence-corrected chi connectivity index (χ4v) is 2.59. The standard InChI is InChI=1S/C14H18FN3/c15-12-2-3-13-11(9-17-14(13)8-12)10-18-6-1-4-16-5-7-18/h2-3,8-9,16-17H,1,4-7,10H2. The highest BCUT2D eigenvalue weighted by Gasteiger charge is 2.11. The largest absolute Gasteiger partial charge is 0.361 e. The van der Waals surface area contributed by atoms with Crippen LogP contribution < -0.4 is 5.32 Å². The number of aromatic nitrogens is 1. The minimum atomic E-state index is -0.185. The number of nitrogens with zero attached hydrogens (tertiary/aromatic N) is 1. The van der Waals surface area contributed by atoms with Gasteiger partial charge in [-0.3, -0.25) is 4.90 Å². The molecule has 1 aliphatic heterocycles. The van der Waals surface area contributed by atoms with E-state index in [1.54, 1.807) is 6.07 Å². The van der Waals surface area contributed by atoms with Crippen molar-refractivity contribution in [1.82, 2.24) is 15.2 Å². The third-order valence-corrected chi connectivity index (χ3v) is 3.56. The molecule has 3 nitrogen and oxygen atoms in total. The molecule has 0 amide bonds. The lowest BCUT2D eigenvalue weighted by Crippen LogP contribution is -2.27. The Hall–Kier alpha value is -1.39. The van der Waals surface area contributed by atoms with E-state index in [1.807, 2.05) is 12.3 Å². The quantitative estimate of drug-likeness (QED) is 0.851. The zero-order valence-electron chi connectivity index (χ0n) is 10.4. The summed E-state index contributed by atoms with van der Waals surface area (Å²) in [5.74, 6) is -0.185. The second kappa shape index (κ2) is 5.08. The van der Waals surface area contributed by atoms with Crippen LogP contribution in [0.5, 0.6) is 0 Å². The summed E-state index contributed by atoms with van der Waals surface area (Å²) in [4.78, 5) is 5.60. The molecular formula is C14H18FN3. The molecule has 1 saturated heterocycles. The van der Waals surface area contributed by atoms with Crippen molar-refractivity contribution in [1.29, 1.82) is 0 Å². The van der Waals surface area contributed by atoms with E-state index in [2.05, 4.69) is 15.2 Å². The monoisotopic (exact) mass is 247 g/mol. The molecule has 4 heteroatoms. The van der Waals surface area contributed by atoms with E-state index < -0.39 is 0 Å². The lowest BCUT2D eigenvalue weighted by Gasteiger charge is -2.18. The number of nitrogens with one attached hydrogen (secondary N) is 2. The van der Waals surface area contributed by atoms with Gasteiger partial charge in [-0.2, -0.15) is 0 Å². The summed E-state index contributed by atoms with van der Waals surface area (Å²) in [5.41, 5.74) is 2.14. The van der Waals surface area contributed by atoms with Gasteiger partial charge in [0, 0.05) is 36.7 Å². The molecule has 2 heterocycles. The maximum atomic E-state index is 13.1. The Morgan fingerprint density at radius 1 is 1.22 bits per heavy atom. The van der Waals surface area contributed by atoms with Gasteiger partial charge in [0.25, 0.3) is 0 Å². The van der Waals surface area contributed by atoms with Crippen molar-refractivity contribution in [2.75, 3.05) is 26.2 Å².